The van der Waals surface area contributed by atoms with E-state index in [-0.39, 0.29) is 29.1 Å². The summed E-state index contributed by atoms with van der Waals surface area (Å²) < 4.78 is 39.9. The number of allylic oxidation sites excluding steroid dienone is 2. The van der Waals surface area contributed by atoms with Crippen molar-refractivity contribution in [2.75, 3.05) is 18.5 Å². The number of aromatic amines is 1. The van der Waals surface area contributed by atoms with Crippen LogP contribution in [0.2, 0.25) is 0 Å². The van der Waals surface area contributed by atoms with E-state index in [9.17, 15) is 14.0 Å². The second-order valence-corrected chi connectivity index (χ2v) is 16.6. The zero-order valence-corrected chi connectivity index (χ0v) is 34.0. The number of ketones is 1. The van der Waals surface area contributed by atoms with Crippen molar-refractivity contribution in [3.05, 3.63) is 102 Å². The maximum atomic E-state index is 15.5. The molecular formula is C46H51F2N5O4S. The smallest absolute Gasteiger partial charge is 0.317 e. The Kier molecular flexibility index (Phi) is 13.7. The highest BCUT2D eigenvalue weighted by atomic mass is 32.2. The number of amides is 1. The lowest BCUT2D eigenvalue weighted by Gasteiger charge is -2.37. The Morgan fingerprint density at radius 3 is 2.59 bits per heavy atom. The third-order valence-electron chi connectivity index (χ3n) is 11.4. The van der Waals surface area contributed by atoms with E-state index in [4.69, 9.17) is 8.60 Å². The maximum Gasteiger partial charge on any atom is 0.317 e. The quantitative estimate of drug-likeness (QED) is 0.107. The molecule has 9 nitrogen and oxygen atoms in total. The summed E-state index contributed by atoms with van der Waals surface area (Å²) in [5, 5.41) is 11.5. The van der Waals surface area contributed by atoms with Crippen LogP contribution in [0.3, 0.4) is 0 Å². The molecule has 2 N–H and O–H groups in total. The number of fused-ring (bicyclic) bond motifs is 1. The van der Waals surface area contributed by atoms with Crippen molar-refractivity contribution >= 4 is 45.9 Å². The Labute approximate surface area is 342 Å². The third-order valence-corrected chi connectivity index (χ3v) is 12.7. The molecule has 2 heterocycles. The lowest BCUT2D eigenvalue weighted by Crippen LogP contribution is -2.43. The lowest BCUT2D eigenvalue weighted by atomic mass is 9.77. The van der Waals surface area contributed by atoms with Gasteiger partial charge in [0.05, 0.1) is 17.8 Å². The number of nitrogens with one attached hydrogen (secondary N) is 2. The fourth-order valence-electron chi connectivity index (χ4n) is 8.17. The van der Waals surface area contributed by atoms with Crippen LogP contribution < -0.4 is 11.0 Å². The number of hydrogen-bond donors (Lipinski definition) is 2. The normalized spacial score (nSPS) is 20.3. The zero-order valence-electron chi connectivity index (χ0n) is 33.2. The summed E-state index contributed by atoms with van der Waals surface area (Å²) in [4.78, 5) is 36.0. The Bertz CT molecular complexity index is 2310. The standard InChI is InChI=1S/C46H51F2N5O4S/c1-3-26-49-45-50-27-23-42(57-45)34-14-18-37(39(48)28-34)31-7-5-9-32(10-6-8-31)41(54)20-11-30-21-24-46(25-22-30,58-56-4-2)44(55)51-36-17-19-40-38(29-36)43(53-52-40)33-12-15-35(47)16-13-33/h7,12-19,23,27-30,32H,3-6,8-11,20-22,24-26H2,1-2H3,(H,51,55)(H,52,53). The summed E-state index contributed by atoms with van der Waals surface area (Å²) in [6.45, 7) is 5.05. The fourth-order valence-corrected chi connectivity index (χ4v) is 9.04. The molecule has 1 atom stereocenters. The number of hydrogen-bond acceptors (Lipinski definition) is 8. The highest BCUT2D eigenvalue weighted by Gasteiger charge is 2.44. The van der Waals surface area contributed by atoms with E-state index in [2.05, 4.69) is 31.6 Å². The molecule has 12 heteroatoms. The number of carbonyl (C=O) groups is 2. The van der Waals surface area contributed by atoms with Gasteiger partial charge >= 0.3 is 5.68 Å². The van der Waals surface area contributed by atoms with Gasteiger partial charge in [-0.1, -0.05) is 25.1 Å². The monoisotopic (exact) mass is 807 g/mol. The molecule has 58 heavy (non-hydrogen) atoms. The molecule has 1 amide bonds. The Morgan fingerprint density at radius 1 is 1.00 bits per heavy atom. The Balaban J connectivity index is 0.917. The van der Waals surface area contributed by atoms with Crippen LogP contribution in [-0.2, 0) is 13.8 Å². The van der Waals surface area contributed by atoms with E-state index in [0.717, 1.165) is 79.8 Å². The first-order chi connectivity index (χ1) is 28.2. The van der Waals surface area contributed by atoms with Crippen molar-refractivity contribution in [2.24, 2.45) is 16.8 Å². The van der Waals surface area contributed by atoms with E-state index < -0.39 is 4.75 Å². The van der Waals surface area contributed by atoms with Crippen molar-refractivity contribution in [3.63, 3.8) is 0 Å². The van der Waals surface area contributed by atoms with Crippen LogP contribution >= 0.6 is 12.0 Å². The van der Waals surface area contributed by atoms with E-state index in [1.807, 2.05) is 44.2 Å². The van der Waals surface area contributed by atoms with Gasteiger partial charge in [-0.15, -0.1) is 0 Å². The van der Waals surface area contributed by atoms with Crippen LogP contribution in [0.1, 0.15) is 96.5 Å². The number of rotatable bonds is 14. The molecule has 0 saturated heterocycles. The first-order valence-electron chi connectivity index (χ1n) is 20.6. The number of benzene rings is 3. The molecule has 0 radical (unpaired) electrons. The SMILES string of the molecule is CCCN=c1nccc(-c2ccc(C3=CCCC(C(=O)CCC4CCC(SOCC)(C(=O)Nc5ccc6[nH]nc(-c7ccc(F)cc7)c6c5)CC4)CCC3)c(F)c2)o1. The fraction of sp³-hybridized carbons (Fsp3) is 0.413. The highest BCUT2D eigenvalue weighted by Crippen LogP contribution is 2.45. The minimum Gasteiger partial charge on any atom is -0.424 e. The van der Waals surface area contributed by atoms with Crippen LogP contribution in [0, 0.1) is 23.5 Å². The Hall–Kier alpha value is -4.94. The molecule has 1 saturated carbocycles. The summed E-state index contributed by atoms with van der Waals surface area (Å²) in [5.41, 5.74) is 5.43. The van der Waals surface area contributed by atoms with Gasteiger partial charge in [0.1, 0.15) is 27.9 Å². The van der Waals surface area contributed by atoms with Crippen molar-refractivity contribution in [2.45, 2.75) is 95.6 Å². The summed E-state index contributed by atoms with van der Waals surface area (Å²) in [7, 11) is 0. The van der Waals surface area contributed by atoms with Crippen molar-refractivity contribution in [1.29, 1.82) is 0 Å². The van der Waals surface area contributed by atoms with Gasteiger partial charge in [0.2, 0.25) is 5.91 Å². The first-order valence-corrected chi connectivity index (χ1v) is 21.3. The molecule has 0 spiro atoms. The minimum absolute atomic E-state index is 0.00347. The molecular weight excluding hydrogens is 757 g/mol. The van der Waals surface area contributed by atoms with Gasteiger partial charge in [-0.2, -0.15) is 5.10 Å². The molecule has 0 aliphatic heterocycles. The summed E-state index contributed by atoms with van der Waals surface area (Å²) in [6, 6.07) is 18.7. The minimum atomic E-state index is -0.743. The zero-order chi connectivity index (χ0) is 40.5. The number of anilines is 1. The second kappa shape index (κ2) is 19.2. The molecule has 304 valence electrons. The van der Waals surface area contributed by atoms with Gasteiger partial charge in [0.25, 0.3) is 0 Å². The van der Waals surface area contributed by atoms with Crippen molar-refractivity contribution < 1.29 is 27.0 Å². The average Bonchev–Trinajstić information content (AvgIpc) is 3.65. The number of nitrogens with zero attached hydrogens (tertiary/aromatic N) is 3. The molecule has 5 aromatic rings. The van der Waals surface area contributed by atoms with E-state index in [1.54, 1.807) is 24.4 Å². The maximum absolute atomic E-state index is 15.5. The Morgan fingerprint density at radius 2 is 1.81 bits per heavy atom. The lowest BCUT2D eigenvalue weighted by molar-refractivity contribution is -0.124. The molecule has 7 rings (SSSR count). The van der Waals surface area contributed by atoms with Crippen LogP contribution in [0.15, 0.2) is 88.4 Å². The number of Topliss-reactive ketones (excluding diaryl/α,β-unsaturated/α-hetero) is 1. The van der Waals surface area contributed by atoms with Crippen LogP contribution in [0.25, 0.3) is 39.1 Å². The molecule has 3 aromatic carbocycles. The predicted octanol–water partition coefficient (Wildman–Crippen LogP) is 11.0. The van der Waals surface area contributed by atoms with Crippen molar-refractivity contribution in [1.82, 2.24) is 15.2 Å². The summed E-state index contributed by atoms with van der Waals surface area (Å²) in [6.07, 6.45) is 12.8. The average molecular weight is 808 g/mol. The van der Waals surface area contributed by atoms with E-state index >= 15 is 4.39 Å². The number of halogens is 2. The second-order valence-electron chi connectivity index (χ2n) is 15.4. The number of H-pyrrole nitrogens is 1. The number of aromatic nitrogens is 3. The van der Waals surface area contributed by atoms with Crippen molar-refractivity contribution in [3.8, 4) is 22.6 Å². The van der Waals surface area contributed by atoms with Gasteiger partial charge in [-0.05, 0) is 138 Å². The molecule has 1 fully saturated rings. The summed E-state index contributed by atoms with van der Waals surface area (Å²) >= 11 is 1.26. The topological polar surface area (TPSA) is 122 Å². The van der Waals surface area contributed by atoms with Gasteiger partial charge < -0.3 is 13.9 Å². The van der Waals surface area contributed by atoms with Crippen LogP contribution in [0.4, 0.5) is 14.5 Å². The van der Waals surface area contributed by atoms with E-state index in [1.165, 1.54) is 30.2 Å². The highest BCUT2D eigenvalue weighted by molar-refractivity contribution is 7.96. The van der Waals surface area contributed by atoms with Gasteiger partial charge in [-0.3, -0.25) is 14.7 Å². The van der Waals surface area contributed by atoms with Crippen LogP contribution in [-0.4, -0.2) is 44.8 Å². The van der Waals surface area contributed by atoms with Gasteiger partial charge in [0, 0.05) is 71.0 Å². The third kappa shape index (κ3) is 9.84. The van der Waals surface area contributed by atoms with Gasteiger partial charge in [0.15, 0.2) is 0 Å². The molecule has 1 unspecified atom stereocenters. The largest absolute Gasteiger partial charge is 0.424 e. The van der Waals surface area contributed by atoms with Gasteiger partial charge in [-0.25, -0.2) is 18.8 Å². The van der Waals surface area contributed by atoms with E-state index in [0.29, 0.717) is 72.4 Å². The summed E-state index contributed by atoms with van der Waals surface area (Å²) in [5.74, 6) is 0.485. The number of carbonyl (C=O) groups excluding carboxylic acids is 2. The molecule has 2 aromatic heterocycles. The first kappa shape index (κ1) is 41.2. The predicted molar refractivity (Wildman–Crippen MR) is 225 cm³/mol. The molecule has 0 bridgehead atoms. The molecule has 2 aliphatic rings. The van der Waals surface area contributed by atoms with Crippen LogP contribution in [0.5, 0.6) is 0 Å². The molecule has 2 aliphatic carbocycles.